The van der Waals surface area contributed by atoms with Gasteiger partial charge in [-0.25, -0.2) is 13.2 Å². The summed E-state index contributed by atoms with van der Waals surface area (Å²) in [5, 5.41) is 5.18. The van der Waals surface area contributed by atoms with Crippen LogP contribution in [-0.4, -0.2) is 43.9 Å². The number of rotatable bonds is 1. The lowest BCUT2D eigenvalue weighted by Crippen LogP contribution is -2.44. The minimum absolute atomic E-state index is 0.0127. The van der Waals surface area contributed by atoms with E-state index < -0.39 is 9.84 Å². The van der Waals surface area contributed by atoms with E-state index >= 15 is 0 Å². The lowest BCUT2D eigenvalue weighted by molar-refractivity contribution is 0.190. The smallest absolute Gasteiger partial charge is 0.317 e. The summed E-state index contributed by atoms with van der Waals surface area (Å²) in [6.45, 7) is 2.69. The van der Waals surface area contributed by atoms with Crippen LogP contribution in [0.5, 0.6) is 0 Å². The van der Waals surface area contributed by atoms with E-state index in [1.807, 2.05) is 6.92 Å². The fourth-order valence-corrected chi connectivity index (χ4v) is 5.97. The summed E-state index contributed by atoms with van der Waals surface area (Å²) in [7, 11) is -3.03. The molecule has 1 aliphatic carbocycles. The molecule has 0 spiro atoms. The van der Waals surface area contributed by atoms with Gasteiger partial charge in [0.05, 0.1) is 17.5 Å². The van der Waals surface area contributed by atoms with Crippen LogP contribution in [0.3, 0.4) is 0 Å². The van der Waals surface area contributed by atoms with E-state index in [1.165, 1.54) is 10.4 Å². The Balaban J connectivity index is 1.68. The molecule has 1 aliphatic heterocycles. The monoisotopic (exact) mass is 342 g/mol. The fourth-order valence-electron chi connectivity index (χ4n) is 3.35. The van der Waals surface area contributed by atoms with Crippen LogP contribution in [0.2, 0.25) is 0 Å². The van der Waals surface area contributed by atoms with Crippen LogP contribution >= 0.6 is 11.3 Å². The number of nitrogens with one attached hydrogen (secondary N) is 1. The molecule has 122 valence electrons. The molecule has 0 aromatic carbocycles. The van der Waals surface area contributed by atoms with Crippen LogP contribution in [0.4, 0.5) is 4.79 Å². The number of thiophene rings is 1. The lowest BCUT2D eigenvalue weighted by Gasteiger charge is -2.28. The summed E-state index contributed by atoms with van der Waals surface area (Å²) in [6.07, 6.45) is 3.14. The predicted molar refractivity (Wildman–Crippen MR) is 87.9 cm³/mol. The second-order valence-corrected chi connectivity index (χ2v) is 9.59. The molecule has 7 heteroatoms. The molecule has 2 aliphatic rings. The highest BCUT2D eigenvalue weighted by Crippen LogP contribution is 2.33. The molecule has 0 saturated carbocycles. The second-order valence-electron chi connectivity index (χ2n) is 6.36. The third-order valence-corrected chi connectivity index (χ3v) is 7.26. The molecule has 2 amide bonds. The van der Waals surface area contributed by atoms with Crippen molar-refractivity contribution in [2.45, 2.75) is 32.2 Å². The van der Waals surface area contributed by atoms with Gasteiger partial charge >= 0.3 is 6.03 Å². The quantitative estimate of drug-likeness (QED) is 0.851. The first-order chi connectivity index (χ1) is 10.4. The molecule has 0 bridgehead atoms. The zero-order valence-corrected chi connectivity index (χ0v) is 14.4. The Labute approximate surface area is 135 Å². The van der Waals surface area contributed by atoms with Gasteiger partial charge in [0.2, 0.25) is 0 Å². The molecular formula is C15H22N2O3S2. The average molecular weight is 342 g/mol. The summed E-state index contributed by atoms with van der Waals surface area (Å²) in [4.78, 5) is 15.6. The summed E-state index contributed by atoms with van der Waals surface area (Å²) in [5.74, 6) is 0.231. The average Bonchev–Trinajstić information content (AvgIpc) is 2.86. The van der Waals surface area contributed by atoms with Crippen molar-refractivity contribution in [3.05, 3.63) is 21.9 Å². The second kappa shape index (κ2) is 6.20. The number of nitrogens with zero attached hydrogens (tertiary/aromatic N) is 1. The van der Waals surface area contributed by atoms with E-state index in [2.05, 4.69) is 16.8 Å². The molecule has 1 N–H and O–H groups in total. The number of amides is 2. The Bertz CT molecular complexity index is 653. The first kappa shape index (κ1) is 15.8. The number of fused-ring (bicyclic) bond motifs is 1. The van der Waals surface area contributed by atoms with Gasteiger partial charge in [-0.05, 0) is 42.2 Å². The van der Waals surface area contributed by atoms with E-state index in [4.69, 9.17) is 0 Å². The van der Waals surface area contributed by atoms with Crippen LogP contribution in [-0.2, 0) is 16.3 Å². The SMILES string of the molecule is CC1CN(C(=O)NC2CCCc3sccc32)CCS(=O)(=O)C1. The number of carbonyl (C=O) groups is 1. The molecule has 1 fully saturated rings. The molecular weight excluding hydrogens is 320 g/mol. The van der Waals surface area contributed by atoms with Gasteiger partial charge in [0.1, 0.15) is 0 Å². The van der Waals surface area contributed by atoms with Crippen LogP contribution in [0.25, 0.3) is 0 Å². The maximum Gasteiger partial charge on any atom is 0.317 e. The largest absolute Gasteiger partial charge is 0.331 e. The molecule has 2 heterocycles. The Kier molecular flexibility index (Phi) is 4.45. The number of aryl methyl sites for hydroxylation is 1. The van der Waals surface area contributed by atoms with Crippen molar-refractivity contribution < 1.29 is 13.2 Å². The summed E-state index contributed by atoms with van der Waals surface area (Å²) < 4.78 is 23.6. The molecule has 2 unspecified atom stereocenters. The van der Waals surface area contributed by atoms with Gasteiger partial charge in [-0.3, -0.25) is 0 Å². The van der Waals surface area contributed by atoms with Gasteiger partial charge in [0.25, 0.3) is 0 Å². The van der Waals surface area contributed by atoms with Crippen LogP contribution in [0, 0.1) is 5.92 Å². The fraction of sp³-hybridized carbons (Fsp3) is 0.667. The highest BCUT2D eigenvalue weighted by atomic mass is 32.2. The maximum absolute atomic E-state index is 12.5. The topological polar surface area (TPSA) is 66.5 Å². The van der Waals surface area contributed by atoms with Gasteiger partial charge in [-0.1, -0.05) is 6.92 Å². The molecule has 2 atom stereocenters. The van der Waals surface area contributed by atoms with Crippen molar-refractivity contribution >= 4 is 27.2 Å². The van der Waals surface area contributed by atoms with Gasteiger partial charge in [-0.15, -0.1) is 11.3 Å². The van der Waals surface area contributed by atoms with Crippen molar-refractivity contribution in [1.29, 1.82) is 0 Å². The zero-order valence-electron chi connectivity index (χ0n) is 12.7. The van der Waals surface area contributed by atoms with Gasteiger partial charge in [-0.2, -0.15) is 0 Å². The molecule has 1 aromatic rings. The van der Waals surface area contributed by atoms with Crippen LogP contribution in [0.1, 0.15) is 36.2 Å². The van der Waals surface area contributed by atoms with Crippen LogP contribution < -0.4 is 5.32 Å². The van der Waals surface area contributed by atoms with Crippen molar-refractivity contribution in [3.63, 3.8) is 0 Å². The zero-order chi connectivity index (χ0) is 15.7. The van der Waals surface area contributed by atoms with E-state index in [0.717, 1.165) is 19.3 Å². The van der Waals surface area contributed by atoms with Crippen molar-refractivity contribution in [2.24, 2.45) is 5.92 Å². The highest BCUT2D eigenvalue weighted by Gasteiger charge is 2.29. The molecule has 1 aromatic heterocycles. The number of hydrogen-bond donors (Lipinski definition) is 1. The van der Waals surface area contributed by atoms with Crippen molar-refractivity contribution in [3.8, 4) is 0 Å². The Morgan fingerprint density at radius 2 is 2.27 bits per heavy atom. The van der Waals surface area contributed by atoms with E-state index in [9.17, 15) is 13.2 Å². The number of sulfone groups is 1. The third kappa shape index (κ3) is 3.46. The maximum atomic E-state index is 12.5. The Hall–Kier alpha value is -1.08. The summed E-state index contributed by atoms with van der Waals surface area (Å²) >= 11 is 1.75. The highest BCUT2D eigenvalue weighted by molar-refractivity contribution is 7.91. The van der Waals surface area contributed by atoms with Crippen molar-refractivity contribution in [2.75, 3.05) is 24.6 Å². The third-order valence-electron chi connectivity index (χ3n) is 4.38. The van der Waals surface area contributed by atoms with Crippen molar-refractivity contribution in [1.82, 2.24) is 10.2 Å². The van der Waals surface area contributed by atoms with E-state index in [-0.39, 0.29) is 29.5 Å². The summed E-state index contributed by atoms with van der Waals surface area (Å²) in [6, 6.07) is 2.03. The number of carbonyl (C=O) groups excluding carboxylic acids is 1. The lowest BCUT2D eigenvalue weighted by atomic mass is 9.94. The van der Waals surface area contributed by atoms with Gasteiger partial charge in [0, 0.05) is 18.0 Å². The molecule has 22 heavy (non-hydrogen) atoms. The number of urea groups is 1. The molecule has 5 nitrogen and oxygen atoms in total. The van der Waals surface area contributed by atoms with E-state index in [1.54, 1.807) is 16.2 Å². The first-order valence-corrected chi connectivity index (χ1v) is 10.5. The Morgan fingerprint density at radius 1 is 1.45 bits per heavy atom. The predicted octanol–water partition coefficient (Wildman–Crippen LogP) is 2.20. The normalized spacial score (nSPS) is 27.8. The summed E-state index contributed by atoms with van der Waals surface area (Å²) in [5.41, 5.74) is 1.24. The minimum Gasteiger partial charge on any atom is -0.331 e. The van der Waals surface area contributed by atoms with Gasteiger partial charge in [0.15, 0.2) is 9.84 Å². The standard InChI is InChI=1S/C15H22N2O3S2/c1-11-9-17(6-8-22(19,20)10-11)15(18)16-13-3-2-4-14-12(13)5-7-21-14/h5,7,11,13H,2-4,6,8-10H2,1H3,(H,16,18). The molecule has 0 radical (unpaired) electrons. The minimum atomic E-state index is -3.03. The van der Waals surface area contributed by atoms with Gasteiger partial charge < -0.3 is 10.2 Å². The number of hydrogen-bond acceptors (Lipinski definition) is 4. The Morgan fingerprint density at radius 3 is 3.09 bits per heavy atom. The van der Waals surface area contributed by atoms with Crippen LogP contribution in [0.15, 0.2) is 11.4 Å². The first-order valence-electron chi connectivity index (χ1n) is 7.77. The molecule has 1 saturated heterocycles. The molecule has 3 rings (SSSR count). The van der Waals surface area contributed by atoms with E-state index in [0.29, 0.717) is 13.1 Å².